The lowest BCUT2D eigenvalue weighted by molar-refractivity contribution is -0.0373. The minimum absolute atomic E-state index is 0.375. The summed E-state index contributed by atoms with van der Waals surface area (Å²) in [6.45, 7) is 14.2. The minimum Gasteiger partial charge on any atom is -0.374 e. The molecule has 1 rings (SSSR count). The first-order valence-electron chi connectivity index (χ1n) is 7.23. The van der Waals surface area contributed by atoms with Crippen molar-refractivity contribution in [3.8, 4) is 0 Å². The van der Waals surface area contributed by atoms with Gasteiger partial charge in [-0.1, -0.05) is 26.7 Å². The van der Waals surface area contributed by atoms with Gasteiger partial charge in [-0.05, 0) is 26.3 Å². The van der Waals surface area contributed by atoms with Crippen LogP contribution in [0, 0.1) is 5.92 Å². The number of nitrogens with zero attached hydrogens (tertiary/aromatic N) is 1. The van der Waals surface area contributed by atoms with Gasteiger partial charge in [0.25, 0.3) is 0 Å². The molecule has 1 unspecified atom stereocenters. The lowest BCUT2D eigenvalue weighted by Gasteiger charge is -2.35. The number of hydrogen-bond donors (Lipinski definition) is 1. The van der Waals surface area contributed by atoms with Crippen LogP contribution in [0.2, 0.25) is 0 Å². The molecule has 0 aromatic rings. The Morgan fingerprint density at radius 1 is 1.29 bits per heavy atom. The van der Waals surface area contributed by atoms with E-state index in [9.17, 15) is 0 Å². The summed E-state index contributed by atoms with van der Waals surface area (Å²) >= 11 is 0. The molecule has 0 saturated carbocycles. The van der Waals surface area contributed by atoms with E-state index >= 15 is 0 Å². The first-order chi connectivity index (χ1) is 8.17. The van der Waals surface area contributed by atoms with E-state index in [4.69, 9.17) is 4.74 Å². The zero-order valence-corrected chi connectivity index (χ0v) is 12.0. The lowest BCUT2D eigenvalue weighted by Crippen LogP contribution is -2.49. The summed E-state index contributed by atoms with van der Waals surface area (Å²) in [6.07, 6.45) is 2.92. The highest BCUT2D eigenvalue weighted by atomic mass is 16.5. The van der Waals surface area contributed by atoms with Gasteiger partial charge in [0.1, 0.15) is 0 Å². The molecule has 0 aromatic heterocycles. The van der Waals surface area contributed by atoms with Gasteiger partial charge in [-0.3, -0.25) is 4.90 Å². The van der Waals surface area contributed by atoms with Crippen LogP contribution in [0.3, 0.4) is 0 Å². The molecule has 1 fully saturated rings. The fraction of sp³-hybridized carbons (Fsp3) is 1.00. The van der Waals surface area contributed by atoms with Crippen molar-refractivity contribution in [2.75, 3.05) is 32.8 Å². The Morgan fingerprint density at radius 3 is 2.59 bits per heavy atom. The number of morpholine rings is 1. The van der Waals surface area contributed by atoms with Gasteiger partial charge >= 0.3 is 0 Å². The molecule has 0 spiro atoms. The van der Waals surface area contributed by atoms with Gasteiger partial charge in [0.2, 0.25) is 0 Å². The van der Waals surface area contributed by atoms with E-state index in [0.717, 1.165) is 38.7 Å². The van der Waals surface area contributed by atoms with Crippen LogP contribution in [0.4, 0.5) is 0 Å². The van der Waals surface area contributed by atoms with Crippen molar-refractivity contribution >= 4 is 0 Å². The summed E-state index contributed by atoms with van der Waals surface area (Å²) in [6, 6.07) is 0.639. The second kappa shape index (κ2) is 8.06. The molecule has 1 saturated heterocycles. The van der Waals surface area contributed by atoms with Crippen molar-refractivity contribution in [2.45, 2.75) is 52.7 Å². The highest BCUT2D eigenvalue weighted by Gasteiger charge is 2.21. The quantitative estimate of drug-likeness (QED) is 0.740. The highest BCUT2D eigenvalue weighted by molar-refractivity contribution is 4.76. The molecule has 17 heavy (non-hydrogen) atoms. The Labute approximate surface area is 107 Å². The summed E-state index contributed by atoms with van der Waals surface area (Å²) in [4.78, 5) is 2.51. The maximum absolute atomic E-state index is 5.80. The third-order valence-corrected chi connectivity index (χ3v) is 3.86. The van der Waals surface area contributed by atoms with Crippen molar-refractivity contribution in [1.29, 1.82) is 0 Å². The zero-order chi connectivity index (χ0) is 12.7. The topological polar surface area (TPSA) is 24.5 Å². The van der Waals surface area contributed by atoms with Crippen molar-refractivity contribution in [3.05, 3.63) is 0 Å². The van der Waals surface area contributed by atoms with Gasteiger partial charge in [0, 0.05) is 25.7 Å². The maximum atomic E-state index is 5.80. The second-order valence-corrected chi connectivity index (χ2v) is 5.42. The van der Waals surface area contributed by atoms with E-state index in [1.165, 1.54) is 12.8 Å². The van der Waals surface area contributed by atoms with Gasteiger partial charge < -0.3 is 10.1 Å². The molecule has 1 aliphatic heterocycles. The molecule has 102 valence electrons. The maximum Gasteiger partial charge on any atom is 0.0826 e. The summed E-state index contributed by atoms with van der Waals surface area (Å²) in [5.41, 5.74) is 0. The van der Waals surface area contributed by atoms with Crippen LogP contribution in [-0.4, -0.2) is 49.8 Å². The Balaban J connectivity index is 2.18. The Morgan fingerprint density at radius 2 is 2.00 bits per heavy atom. The molecule has 0 amide bonds. The molecular weight excluding hydrogens is 212 g/mol. The normalized spacial score (nSPS) is 22.6. The average Bonchev–Trinajstić information content (AvgIpc) is 2.35. The molecule has 1 heterocycles. The van der Waals surface area contributed by atoms with E-state index in [2.05, 4.69) is 37.9 Å². The summed E-state index contributed by atoms with van der Waals surface area (Å²) in [5, 5.41) is 3.56. The molecule has 0 radical (unpaired) electrons. The van der Waals surface area contributed by atoms with Gasteiger partial charge in [-0.2, -0.15) is 0 Å². The predicted octanol–water partition coefficient (Wildman–Crippen LogP) is 2.12. The second-order valence-electron chi connectivity index (χ2n) is 5.42. The van der Waals surface area contributed by atoms with Crippen LogP contribution in [0.15, 0.2) is 0 Å². The smallest absolute Gasteiger partial charge is 0.0826 e. The van der Waals surface area contributed by atoms with Crippen LogP contribution in [0.25, 0.3) is 0 Å². The first-order valence-corrected chi connectivity index (χ1v) is 7.23. The van der Waals surface area contributed by atoms with Crippen LogP contribution in [0.1, 0.15) is 40.5 Å². The van der Waals surface area contributed by atoms with E-state index in [-0.39, 0.29) is 0 Å². The van der Waals surface area contributed by atoms with E-state index in [1.54, 1.807) is 0 Å². The van der Waals surface area contributed by atoms with Crippen molar-refractivity contribution in [1.82, 2.24) is 10.2 Å². The number of rotatable bonds is 7. The fourth-order valence-corrected chi connectivity index (χ4v) is 2.36. The molecule has 0 bridgehead atoms. The van der Waals surface area contributed by atoms with Gasteiger partial charge in [-0.25, -0.2) is 0 Å². The number of ether oxygens (including phenoxy) is 1. The highest BCUT2D eigenvalue weighted by Crippen LogP contribution is 2.09. The predicted molar refractivity (Wildman–Crippen MR) is 73.4 cm³/mol. The fourth-order valence-electron chi connectivity index (χ4n) is 2.36. The zero-order valence-electron chi connectivity index (χ0n) is 12.0. The third-order valence-electron chi connectivity index (χ3n) is 3.86. The minimum atomic E-state index is 0.375. The first kappa shape index (κ1) is 14.9. The summed E-state index contributed by atoms with van der Waals surface area (Å²) in [7, 11) is 0. The Hall–Kier alpha value is -0.120. The monoisotopic (exact) mass is 242 g/mol. The van der Waals surface area contributed by atoms with E-state index < -0.39 is 0 Å². The molecule has 1 aliphatic rings. The third kappa shape index (κ3) is 5.36. The van der Waals surface area contributed by atoms with Crippen molar-refractivity contribution in [3.63, 3.8) is 0 Å². The number of nitrogens with one attached hydrogen (secondary N) is 1. The molecule has 3 heteroatoms. The molecule has 0 aliphatic carbocycles. The van der Waals surface area contributed by atoms with Gasteiger partial charge in [0.05, 0.1) is 12.7 Å². The van der Waals surface area contributed by atoms with E-state index in [0.29, 0.717) is 12.1 Å². The molecule has 1 atom stereocenters. The van der Waals surface area contributed by atoms with Crippen molar-refractivity contribution in [2.24, 2.45) is 5.92 Å². The Bertz CT molecular complexity index is 193. The average molecular weight is 242 g/mol. The Kier molecular flexibility index (Phi) is 7.09. The molecular formula is C14H30N2O. The molecule has 1 N–H and O–H groups in total. The molecule has 0 aromatic carbocycles. The van der Waals surface area contributed by atoms with Gasteiger partial charge in [0.15, 0.2) is 0 Å². The largest absolute Gasteiger partial charge is 0.374 e. The standard InChI is InChI=1S/C14H30N2O/c1-5-13(6-2)9-15-10-14-11-16(12(3)4)7-8-17-14/h12-15H,5-11H2,1-4H3. The molecule has 3 nitrogen and oxygen atoms in total. The van der Waals surface area contributed by atoms with Gasteiger partial charge in [-0.15, -0.1) is 0 Å². The van der Waals surface area contributed by atoms with Crippen LogP contribution < -0.4 is 5.32 Å². The number of hydrogen-bond acceptors (Lipinski definition) is 3. The summed E-state index contributed by atoms with van der Waals surface area (Å²) in [5.74, 6) is 0.819. The summed E-state index contributed by atoms with van der Waals surface area (Å²) < 4.78 is 5.80. The van der Waals surface area contributed by atoms with Crippen molar-refractivity contribution < 1.29 is 4.74 Å². The van der Waals surface area contributed by atoms with Crippen LogP contribution in [0.5, 0.6) is 0 Å². The lowest BCUT2D eigenvalue weighted by atomic mass is 10.0. The van der Waals surface area contributed by atoms with E-state index in [1.807, 2.05) is 0 Å². The van der Waals surface area contributed by atoms with Crippen LogP contribution >= 0.6 is 0 Å². The van der Waals surface area contributed by atoms with Crippen LogP contribution in [-0.2, 0) is 4.74 Å². The SMILES string of the molecule is CCC(CC)CNCC1CN(C(C)C)CCO1.